The Kier molecular flexibility index (Phi) is 5.03. The molecule has 0 aliphatic carbocycles. The Morgan fingerprint density at radius 2 is 1.58 bits per heavy atom. The van der Waals surface area contributed by atoms with Crippen LogP contribution in [0.2, 0.25) is 0 Å². The van der Waals surface area contributed by atoms with Crippen LogP contribution in [0, 0.1) is 0 Å². The summed E-state index contributed by atoms with van der Waals surface area (Å²) in [6.07, 6.45) is 3.33. The van der Waals surface area contributed by atoms with Crippen molar-refractivity contribution in [2.45, 2.75) is 26.4 Å². The Bertz CT molecular complexity index is 904. The third-order valence-corrected chi connectivity index (χ3v) is 3.62. The first kappa shape index (κ1) is 17.7. The van der Waals surface area contributed by atoms with E-state index >= 15 is 0 Å². The third-order valence-electron chi connectivity index (χ3n) is 3.62. The summed E-state index contributed by atoms with van der Waals surface area (Å²) in [5, 5.41) is 4.47. The molecule has 0 N–H and O–H groups in total. The standard InChI is InChI=1S/C22H22N2O2/c1-22(2,3)26-21(25)24-19(15-14-17-10-6-4-7-11-17)16-20(23-24)18-12-8-5-9-13-18/h4-16H,1-3H3/b15-14+. The maximum absolute atomic E-state index is 12.6. The number of ether oxygens (including phenoxy) is 1. The Balaban J connectivity index is 1.99. The van der Waals surface area contributed by atoms with Gasteiger partial charge in [-0.25, -0.2) is 4.79 Å². The summed E-state index contributed by atoms with van der Waals surface area (Å²) < 4.78 is 6.81. The minimum Gasteiger partial charge on any atom is -0.442 e. The Morgan fingerprint density at radius 1 is 0.962 bits per heavy atom. The zero-order valence-electron chi connectivity index (χ0n) is 15.2. The lowest BCUT2D eigenvalue weighted by molar-refractivity contribution is 0.0514. The Morgan fingerprint density at radius 3 is 2.19 bits per heavy atom. The second-order valence-electron chi connectivity index (χ2n) is 6.96. The van der Waals surface area contributed by atoms with Crippen molar-refractivity contribution in [3.05, 3.63) is 78.0 Å². The van der Waals surface area contributed by atoms with Crippen molar-refractivity contribution in [2.24, 2.45) is 0 Å². The maximum Gasteiger partial charge on any atom is 0.435 e. The van der Waals surface area contributed by atoms with E-state index in [9.17, 15) is 4.79 Å². The van der Waals surface area contributed by atoms with Crippen molar-refractivity contribution in [3.8, 4) is 11.3 Å². The summed E-state index contributed by atoms with van der Waals surface area (Å²) in [7, 11) is 0. The first-order valence-electron chi connectivity index (χ1n) is 8.54. The van der Waals surface area contributed by atoms with Gasteiger partial charge < -0.3 is 4.74 Å². The Labute approximate surface area is 153 Å². The fourth-order valence-electron chi connectivity index (χ4n) is 2.46. The normalized spacial score (nSPS) is 11.7. The lowest BCUT2D eigenvalue weighted by Crippen LogP contribution is -2.28. The molecule has 4 heteroatoms. The van der Waals surface area contributed by atoms with E-state index in [0.29, 0.717) is 5.69 Å². The number of carbonyl (C=O) groups excluding carboxylic acids is 1. The molecule has 3 rings (SSSR count). The first-order valence-corrected chi connectivity index (χ1v) is 8.54. The summed E-state index contributed by atoms with van der Waals surface area (Å²) in [6, 6.07) is 21.6. The van der Waals surface area contributed by atoms with Gasteiger partial charge in [-0.05, 0) is 38.5 Å². The van der Waals surface area contributed by atoms with Crippen LogP contribution in [0.3, 0.4) is 0 Å². The molecular formula is C22H22N2O2. The molecule has 0 unspecified atom stereocenters. The van der Waals surface area contributed by atoms with E-state index in [-0.39, 0.29) is 0 Å². The molecule has 0 bridgehead atoms. The van der Waals surface area contributed by atoms with Crippen molar-refractivity contribution in [1.82, 2.24) is 9.78 Å². The van der Waals surface area contributed by atoms with Crippen molar-refractivity contribution < 1.29 is 9.53 Å². The predicted octanol–water partition coefficient (Wildman–Crippen LogP) is 5.50. The van der Waals surface area contributed by atoms with Crippen molar-refractivity contribution >= 4 is 18.2 Å². The molecule has 1 heterocycles. The summed E-state index contributed by atoms with van der Waals surface area (Å²) in [5.74, 6) is 0. The van der Waals surface area contributed by atoms with Crippen LogP contribution in [-0.2, 0) is 4.74 Å². The first-order chi connectivity index (χ1) is 12.4. The van der Waals surface area contributed by atoms with Gasteiger partial charge in [0.1, 0.15) is 5.60 Å². The predicted molar refractivity (Wildman–Crippen MR) is 105 cm³/mol. The second-order valence-corrected chi connectivity index (χ2v) is 6.96. The lowest BCUT2D eigenvalue weighted by Gasteiger charge is -2.19. The molecule has 132 valence electrons. The minimum atomic E-state index is -0.587. The SMILES string of the molecule is CC(C)(C)OC(=O)n1nc(-c2ccccc2)cc1/C=C/c1ccccc1. The van der Waals surface area contributed by atoms with E-state index in [1.165, 1.54) is 4.68 Å². The topological polar surface area (TPSA) is 44.1 Å². The van der Waals surface area contributed by atoms with E-state index in [0.717, 1.165) is 16.8 Å². The van der Waals surface area contributed by atoms with Crippen LogP contribution in [0.5, 0.6) is 0 Å². The number of rotatable bonds is 3. The molecule has 2 aromatic carbocycles. The fourth-order valence-corrected chi connectivity index (χ4v) is 2.46. The van der Waals surface area contributed by atoms with Crippen LogP contribution < -0.4 is 0 Å². The fraction of sp³-hybridized carbons (Fsp3) is 0.182. The highest BCUT2D eigenvalue weighted by Crippen LogP contribution is 2.21. The highest BCUT2D eigenvalue weighted by Gasteiger charge is 2.21. The molecule has 0 radical (unpaired) electrons. The molecule has 0 aliphatic rings. The molecule has 1 aromatic heterocycles. The molecular weight excluding hydrogens is 324 g/mol. The van der Waals surface area contributed by atoms with Gasteiger partial charge in [0.25, 0.3) is 0 Å². The van der Waals surface area contributed by atoms with Crippen LogP contribution in [-0.4, -0.2) is 21.5 Å². The lowest BCUT2D eigenvalue weighted by atomic mass is 10.1. The summed E-state index contributed by atoms with van der Waals surface area (Å²) in [4.78, 5) is 12.6. The average Bonchev–Trinajstić information content (AvgIpc) is 3.05. The van der Waals surface area contributed by atoms with E-state index in [4.69, 9.17) is 4.74 Å². The van der Waals surface area contributed by atoms with E-state index in [1.54, 1.807) is 0 Å². The summed E-state index contributed by atoms with van der Waals surface area (Å²) >= 11 is 0. The maximum atomic E-state index is 12.6. The zero-order chi connectivity index (χ0) is 18.6. The molecule has 0 saturated heterocycles. The summed E-state index contributed by atoms with van der Waals surface area (Å²) in [6.45, 7) is 5.52. The smallest absolute Gasteiger partial charge is 0.435 e. The summed E-state index contributed by atoms with van der Waals surface area (Å²) in [5.41, 5.74) is 2.80. The van der Waals surface area contributed by atoms with Gasteiger partial charge in [0.2, 0.25) is 0 Å². The van der Waals surface area contributed by atoms with Crippen molar-refractivity contribution in [2.75, 3.05) is 0 Å². The Hall–Kier alpha value is -3.14. The van der Waals surface area contributed by atoms with Gasteiger partial charge in [0, 0.05) is 5.56 Å². The molecule has 0 amide bonds. The van der Waals surface area contributed by atoms with Gasteiger partial charge in [-0.3, -0.25) is 0 Å². The number of benzene rings is 2. The minimum absolute atomic E-state index is 0.493. The van der Waals surface area contributed by atoms with Crippen LogP contribution >= 0.6 is 0 Å². The number of hydrogen-bond acceptors (Lipinski definition) is 3. The molecule has 26 heavy (non-hydrogen) atoms. The molecule has 0 atom stereocenters. The highest BCUT2D eigenvalue weighted by atomic mass is 16.6. The second kappa shape index (κ2) is 7.40. The van der Waals surface area contributed by atoms with Crippen LogP contribution in [0.4, 0.5) is 4.79 Å². The molecule has 4 nitrogen and oxygen atoms in total. The number of nitrogens with zero attached hydrogens (tertiary/aromatic N) is 2. The average molecular weight is 346 g/mol. The molecule has 0 fully saturated rings. The van der Waals surface area contributed by atoms with Gasteiger partial charge in [0.05, 0.1) is 11.4 Å². The molecule has 0 saturated carbocycles. The largest absolute Gasteiger partial charge is 0.442 e. The van der Waals surface area contributed by atoms with Gasteiger partial charge in [0.15, 0.2) is 0 Å². The monoisotopic (exact) mass is 346 g/mol. The van der Waals surface area contributed by atoms with Crippen molar-refractivity contribution in [3.63, 3.8) is 0 Å². The number of carbonyl (C=O) groups is 1. The van der Waals surface area contributed by atoms with E-state index in [1.807, 2.05) is 99.7 Å². The van der Waals surface area contributed by atoms with E-state index in [2.05, 4.69) is 5.10 Å². The van der Waals surface area contributed by atoms with Gasteiger partial charge >= 0.3 is 6.09 Å². The van der Waals surface area contributed by atoms with Crippen LogP contribution in [0.1, 0.15) is 32.0 Å². The van der Waals surface area contributed by atoms with Crippen LogP contribution in [0.15, 0.2) is 66.7 Å². The zero-order valence-corrected chi connectivity index (χ0v) is 15.2. The van der Waals surface area contributed by atoms with Gasteiger partial charge in [-0.2, -0.15) is 9.78 Å². The van der Waals surface area contributed by atoms with Crippen molar-refractivity contribution in [1.29, 1.82) is 0 Å². The highest BCUT2D eigenvalue weighted by molar-refractivity contribution is 5.79. The molecule has 3 aromatic rings. The molecule has 0 aliphatic heterocycles. The third kappa shape index (κ3) is 4.48. The van der Waals surface area contributed by atoms with E-state index < -0.39 is 11.7 Å². The quantitative estimate of drug-likeness (QED) is 0.628. The number of hydrogen-bond donors (Lipinski definition) is 0. The van der Waals surface area contributed by atoms with Gasteiger partial charge in [-0.15, -0.1) is 0 Å². The molecule has 0 spiro atoms. The van der Waals surface area contributed by atoms with Crippen LogP contribution in [0.25, 0.3) is 23.4 Å². The number of aromatic nitrogens is 2. The van der Waals surface area contributed by atoms with Gasteiger partial charge in [-0.1, -0.05) is 66.7 Å².